The fourth-order valence-electron chi connectivity index (χ4n) is 0.886. The molecule has 0 heterocycles. The lowest BCUT2D eigenvalue weighted by molar-refractivity contribution is -0.0484. The Morgan fingerprint density at radius 2 is 1.67 bits per heavy atom. The van der Waals surface area contributed by atoms with Crippen molar-refractivity contribution < 1.29 is 20.1 Å². The second kappa shape index (κ2) is 7.14. The van der Waals surface area contributed by atoms with Gasteiger partial charge in [0.1, 0.15) is 0 Å². The molecule has 0 fully saturated rings. The van der Waals surface area contributed by atoms with Crippen LogP contribution in [0.25, 0.3) is 0 Å². The number of aliphatic hydroxyl groups is 3. The topological polar surface area (TPSA) is 82.0 Å². The van der Waals surface area contributed by atoms with E-state index in [0.717, 1.165) is 0 Å². The highest BCUT2D eigenvalue weighted by molar-refractivity contribution is 4.65. The van der Waals surface area contributed by atoms with E-state index in [1.54, 1.807) is 0 Å². The number of rotatable bonds is 7. The van der Waals surface area contributed by atoms with E-state index in [1.165, 1.54) is 0 Å². The lowest BCUT2D eigenvalue weighted by Gasteiger charge is -2.22. The maximum absolute atomic E-state index is 9.47. The second-order valence-corrected chi connectivity index (χ2v) is 4.57. The van der Waals surface area contributed by atoms with Crippen LogP contribution in [-0.4, -0.2) is 59.4 Å². The summed E-state index contributed by atoms with van der Waals surface area (Å²) in [5, 5.41) is 29.8. The summed E-state index contributed by atoms with van der Waals surface area (Å²) in [6.07, 6.45) is -1.38. The van der Waals surface area contributed by atoms with Crippen molar-refractivity contribution >= 4 is 0 Å². The molecule has 0 aromatic carbocycles. The van der Waals surface area contributed by atoms with E-state index in [9.17, 15) is 5.11 Å². The Kier molecular flexibility index (Phi) is 7.04. The Morgan fingerprint density at radius 1 is 1.13 bits per heavy atom. The zero-order valence-corrected chi connectivity index (χ0v) is 9.73. The van der Waals surface area contributed by atoms with Gasteiger partial charge in [-0.25, -0.2) is 0 Å². The second-order valence-electron chi connectivity index (χ2n) is 4.57. The van der Waals surface area contributed by atoms with Crippen molar-refractivity contribution in [1.29, 1.82) is 0 Å². The molecule has 0 spiro atoms. The molecule has 4 N–H and O–H groups in total. The first kappa shape index (κ1) is 14.8. The number of hydrogen-bond donors (Lipinski definition) is 4. The van der Waals surface area contributed by atoms with E-state index < -0.39 is 12.2 Å². The minimum Gasteiger partial charge on any atom is -0.394 e. The lowest BCUT2D eigenvalue weighted by atomic mass is 10.2. The monoisotopic (exact) mass is 221 g/mol. The zero-order chi connectivity index (χ0) is 11.9. The van der Waals surface area contributed by atoms with Crippen LogP contribution in [0.4, 0.5) is 0 Å². The maximum Gasteiger partial charge on any atom is 0.0897 e. The largest absolute Gasteiger partial charge is 0.394 e. The molecule has 15 heavy (non-hydrogen) atoms. The van der Waals surface area contributed by atoms with Crippen LogP contribution in [0.1, 0.15) is 20.8 Å². The molecule has 0 aliphatic heterocycles. The number of aliphatic hydroxyl groups excluding tert-OH is 3. The fraction of sp³-hybridized carbons (Fsp3) is 1.00. The molecule has 0 amide bonds. The summed E-state index contributed by atoms with van der Waals surface area (Å²) in [5.74, 6) is 0. The van der Waals surface area contributed by atoms with Crippen molar-refractivity contribution in [2.75, 3.05) is 26.3 Å². The molecule has 5 heteroatoms. The Bertz CT molecular complexity index is 158. The Labute approximate surface area is 91.1 Å². The third kappa shape index (κ3) is 10.1. The third-order valence-electron chi connectivity index (χ3n) is 1.68. The van der Waals surface area contributed by atoms with Crippen LogP contribution in [0.2, 0.25) is 0 Å². The summed E-state index contributed by atoms with van der Waals surface area (Å²) in [5.41, 5.74) is -0.258. The Morgan fingerprint density at radius 3 is 2.13 bits per heavy atom. The van der Waals surface area contributed by atoms with Crippen molar-refractivity contribution in [3.05, 3.63) is 0 Å². The minimum atomic E-state index is -0.777. The molecule has 0 saturated carbocycles. The van der Waals surface area contributed by atoms with Crippen molar-refractivity contribution in [2.24, 2.45) is 0 Å². The smallest absolute Gasteiger partial charge is 0.0897 e. The molecule has 92 valence electrons. The van der Waals surface area contributed by atoms with Crippen LogP contribution in [-0.2, 0) is 4.74 Å². The van der Waals surface area contributed by atoms with Gasteiger partial charge in [0.15, 0.2) is 0 Å². The quantitative estimate of drug-likeness (QED) is 0.448. The number of nitrogens with one attached hydrogen (secondary N) is 1. The molecule has 0 bridgehead atoms. The molecular formula is C10H23NO4. The van der Waals surface area contributed by atoms with Crippen molar-refractivity contribution in [1.82, 2.24) is 5.32 Å². The molecule has 0 radical (unpaired) electrons. The predicted octanol–water partition coefficient (Wildman–Crippen LogP) is -0.895. The molecule has 0 rings (SSSR count). The number of ether oxygens (including phenoxy) is 1. The normalized spacial score (nSPS) is 16.4. The highest BCUT2D eigenvalue weighted by Gasteiger charge is 2.13. The van der Waals surface area contributed by atoms with Gasteiger partial charge < -0.3 is 25.4 Å². The Balaban J connectivity index is 3.45. The SMILES string of the molecule is CC(C)(C)OCC(O)CNCC(O)CO. The van der Waals surface area contributed by atoms with Gasteiger partial charge in [0, 0.05) is 13.1 Å². The van der Waals surface area contributed by atoms with E-state index >= 15 is 0 Å². The zero-order valence-electron chi connectivity index (χ0n) is 9.73. The summed E-state index contributed by atoms with van der Waals surface area (Å²) in [4.78, 5) is 0. The van der Waals surface area contributed by atoms with Gasteiger partial charge in [-0.3, -0.25) is 0 Å². The maximum atomic E-state index is 9.47. The van der Waals surface area contributed by atoms with Crippen LogP contribution in [0.15, 0.2) is 0 Å². The van der Waals surface area contributed by atoms with Gasteiger partial charge in [-0.2, -0.15) is 0 Å². The molecule has 0 aliphatic rings. The van der Waals surface area contributed by atoms with Crippen LogP contribution in [0, 0.1) is 0 Å². The predicted molar refractivity (Wildman–Crippen MR) is 57.7 cm³/mol. The van der Waals surface area contributed by atoms with Crippen molar-refractivity contribution in [3.63, 3.8) is 0 Å². The van der Waals surface area contributed by atoms with Gasteiger partial charge in [-0.15, -0.1) is 0 Å². The first-order valence-electron chi connectivity index (χ1n) is 5.17. The van der Waals surface area contributed by atoms with Gasteiger partial charge in [-0.05, 0) is 20.8 Å². The van der Waals surface area contributed by atoms with Gasteiger partial charge in [0.25, 0.3) is 0 Å². The van der Waals surface area contributed by atoms with E-state index in [4.69, 9.17) is 14.9 Å². The van der Waals surface area contributed by atoms with Gasteiger partial charge in [0.05, 0.1) is 31.0 Å². The molecule has 0 aromatic rings. The molecule has 5 nitrogen and oxygen atoms in total. The molecule has 0 saturated heterocycles. The van der Waals surface area contributed by atoms with E-state index in [2.05, 4.69) is 5.32 Å². The van der Waals surface area contributed by atoms with E-state index in [0.29, 0.717) is 6.54 Å². The molecular weight excluding hydrogens is 198 g/mol. The summed E-state index contributed by atoms with van der Waals surface area (Å²) >= 11 is 0. The summed E-state index contributed by atoms with van der Waals surface area (Å²) in [6, 6.07) is 0. The molecule has 0 aromatic heterocycles. The lowest BCUT2D eigenvalue weighted by Crippen LogP contribution is -2.37. The van der Waals surface area contributed by atoms with Crippen LogP contribution in [0.3, 0.4) is 0 Å². The molecule has 2 atom stereocenters. The van der Waals surface area contributed by atoms with Gasteiger partial charge >= 0.3 is 0 Å². The number of hydrogen-bond acceptors (Lipinski definition) is 5. The first-order valence-corrected chi connectivity index (χ1v) is 5.17. The van der Waals surface area contributed by atoms with Gasteiger partial charge in [-0.1, -0.05) is 0 Å². The average molecular weight is 221 g/mol. The third-order valence-corrected chi connectivity index (χ3v) is 1.68. The summed E-state index contributed by atoms with van der Waals surface area (Å²) < 4.78 is 5.37. The summed E-state index contributed by atoms with van der Waals surface area (Å²) in [7, 11) is 0. The Hall–Kier alpha value is -0.200. The van der Waals surface area contributed by atoms with Crippen LogP contribution in [0.5, 0.6) is 0 Å². The average Bonchev–Trinajstić information content (AvgIpc) is 2.13. The minimum absolute atomic E-state index is 0.256. The summed E-state index contributed by atoms with van der Waals surface area (Å²) in [6.45, 7) is 6.34. The van der Waals surface area contributed by atoms with Crippen molar-refractivity contribution in [3.8, 4) is 0 Å². The van der Waals surface area contributed by atoms with Crippen LogP contribution >= 0.6 is 0 Å². The van der Waals surface area contributed by atoms with E-state index in [-0.39, 0.29) is 25.4 Å². The van der Waals surface area contributed by atoms with Gasteiger partial charge in [0.2, 0.25) is 0 Å². The molecule has 0 aliphatic carbocycles. The first-order chi connectivity index (χ1) is 6.85. The standard InChI is InChI=1S/C10H23NO4/c1-10(2,3)15-7-9(14)5-11-4-8(13)6-12/h8-9,11-14H,4-7H2,1-3H3. The highest BCUT2D eigenvalue weighted by Crippen LogP contribution is 2.06. The molecule has 2 unspecified atom stereocenters. The fourth-order valence-corrected chi connectivity index (χ4v) is 0.886. The van der Waals surface area contributed by atoms with Crippen LogP contribution < -0.4 is 5.32 Å². The highest BCUT2D eigenvalue weighted by atomic mass is 16.5. The van der Waals surface area contributed by atoms with Crippen molar-refractivity contribution in [2.45, 2.75) is 38.6 Å². The van der Waals surface area contributed by atoms with E-state index in [1.807, 2.05) is 20.8 Å².